The molecule has 0 bridgehead atoms. The number of carbonyl (C=O) groups is 1. The standard InChI is InChI=1S/C13H16N2O3/c1-8(16)9-2-4-15(7-9)13(17)11-6-12-10(14-11)3-5-18-12/h3,5-6,8-9,14,16H,2,4,7H2,1H3. The van der Waals surface area contributed by atoms with Crippen molar-refractivity contribution in [2.75, 3.05) is 13.1 Å². The Bertz CT molecular complexity index is 541. The lowest BCUT2D eigenvalue weighted by atomic mass is 10.0. The molecule has 0 spiro atoms. The number of aliphatic hydroxyl groups is 1. The Labute approximate surface area is 104 Å². The van der Waals surface area contributed by atoms with Crippen LogP contribution in [-0.2, 0) is 0 Å². The first kappa shape index (κ1) is 11.3. The summed E-state index contributed by atoms with van der Waals surface area (Å²) in [6.07, 6.45) is 2.09. The third-order valence-corrected chi connectivity index (χ3v) is 3.66. The minimum atomic E-state index is -0.359. The van der Waals surface area contributed by atoms with Gasteiger partial charge < -0.3 is 19.4 Å². The van der Waals surface area contributed by atoms with E-state index in [4.69, 9.17) is 4.42 Å². The highest BCUT2D eigenvalue weighted by Gasteiger charge is 2.30. The Morgan fingerprint density at radius 2 is 2.50 bits per heavy atom. The molecule has 5 heteroatoms. The lowest BCUT2D eigenvalue weighted by molar-refractivity contribution is 0.0757. The summed E-state index contributed by atoms with van der Waals surface area (Å²) < 4.78 is 5.23. The number of hydrogen-bond donors (Lipinski definition) is 2. The van der Waals surface area contributed by atoms with E-state index in [-0.39, 0.29) is 17.9 Å². The number of aromatic nitrogens is 1. The fraction of sp³-hybridized carbons (Fsp3) is 0.462. The summed E-state index contributed by atoms with van der Waals surface area (Å²) in [5.41, 5.74) is 2.09. The van der Waals surface area contributed by atoms with Crippen LogP contribution in [0.3, 0.4) is 0 Å². The SMILES string of the molecule is CC(O)C1CCN(C(=O)c2cc3occc3[nH]2)C1. The van der Waals surface area contributed by atoms with E-state index in [1.54, 1.807) is 30.2 Å². The second-order valence-electron chi connectivity index (χ2n) is 4.92. The number of aliphatic hydroxyl groups excluding tert-OH is 1. The number of hydrogen-bond acceptors (Lipinski definition) is 3. The van der Waals surface area contributed by atoms with Gasteiger partial charge in [0.2, 0.25) is 0 Å². The van der Waals surface area contributed by atoms with E-state index in [1.165, 1.54) is 0 Å². The van der Waals surface area contributed by atoms with Crippen molar-refractivity contribution < 1.29 is 14.3 Å². The molecular weight excluding hydrogens is 232 g/mol. The molecule has 0 radical (unpaired) electrons. The first-order chi connectivity index (χ1) is 8.65. The second-order valence-corrected chi connectivity index (χ2v) is 4.92. The van der Waals surface area contributed by atoms with Gasteiger partial charge in [0, 0.05) is 31.1 Å². The Morgan fingerprint density at radius 3 is 3.17 bits per heavy atom. The molecule has 0 aromatic carbocycles. The van der Waals surface area contributed by atoms with Gasteiger partial charge in [0.1, 0.15) is 5.69 Å². The van der Waals surface area contributed by atoms with Crippen LogP contribution in [0.25, 0.3) is 11.1 Å². The average Bonchev–Trinajstić information content (AvgIpc) is 3.02. The van der Waals surface area contributed by atoms with Gasteiger partial charge in [-0.15, -0.1) is 0 Å². The zero-order chi connectivity index (χ0) is 12.7. The van der Waals surface area contributed by atoms with Crippen LogP contribution >= 0.6 is 0 Å². The van der Waals surface area contributed by atoms with Crippen LogP contribution in [0.4, 0.5) is 0 Å². The van der Waals surface area contributed by atoms with Crippen LogP contribution in [0.2, 0.25) is 0 Å². The van der Waals surface area contributed by atoms with Crippen molar-refractivity contribution in [2.24, 2.45) is 5.92 Å². The zero-order valence-corrected chi connectivity index (χ0v) is 10.2. The smallest absolute Gasteiger partial charge is 0.270 e. The number of H-pyrrole nitrogens is 1. The highest BCUT2D eigenvalue weighted by molar-refractivity contribution is 5.96. The molecule has 1 aliphatic heterocycles. The molecule has 1 amide bonds. The van der Waals surface area contributed by atoms with Crippen LogP contribution < -0.4 is 0 Å². The summed E-state index contributed by atoms with van der Waals surface area (Å²) in [4.78, 5) is 17.1. The molecule has 18 heavy (non-hydrogen) atoms. The maximum Gasteiger partial charge on any atom is 0.270 e. The first-order valence-electron chi connectivity index (χ1n) is 6.18. The maximum atomic E-state index is 12.3. The van der Waals surface area contributed by atoms with E-state index in [1.807, 2.05) is 0 Å². The molecule has 1 fully saturated rings. The molecule has 2 atom stereocenters. The number of amides is 1. The monoisotopic (exact) mass is 248 g/mol. The molecule has 1 saturated heterocycles. The molecule has 2 aromatic rings. The van der Waals surface area contributed by atoms with Gasteiger partial charge in [-0.2, -0.15) is 0 Å². The highest BCUT2D eigenvalue weighted by Crippen LogP contribution is 2.23. The number of furan rings is 1. The van der Waals surface area contributed by atoms with Crippen LogP contribution in [-0.4, -0.2) is 40.1 Å². The summed E-state index contributed by atoms with van der Waals surface area (Å²) in [6.45, 7) is 3.10. The molecular formula is C13H16N2O3. The predicted molar refractivity (Wildman–Crippen MR) is 66.3 cm³/mol. The molecule has 2 aromatic heterocycles. The number of nitrogens with one attached hydrogen (secondary N) is 1. The Kier molecular flexibility index (Phi) is 2.63. The molecule has 96 valence electrons. The molecule has 2 unspecified atom stereocenters. The maximum absolute atomic E-state index is 12.3. The van der Waals surface area contributed by atoms with Crippen LogP contribution in [0.5, 0.6) is 0 Å². The third kappa shape index (κ3) is 1.80. The van der Waals surface area contributed by atoms with Gasteiger partial charge in [0.15, 0.2) is 5.58 Å². The van der Waals surface area contributed by atoms with Gasteiger partial charge >= 0.3 is 0 Å². The topological polar surface area (TPSA) is 69.5 Å². The summed E-state index contributed by atoms with van der Waals surface area (Å²) in [5.74, 6) is 0.163. The van der Waals surface area contributed by atoms with Crippen molar-refractivity contribution in [3.05, 3.63) is 24.1 Å². The first-order valence-corrected chi connectivity index (χ1v) is 6.18. The van der Waals surface area contributed by atoms with Gasteiger partial charge in [-0.3, -0.25) is 4.79 Å². The number of rotatable bonds is 2. The van der Waals surface area contributed by atoms with Crippen molar-refractivity contribution in [1.82, 2.24) is 9.88 Å². The molecule has 0 aliphatic carbocycles. The summed E-state index contributed by atoms with van der Waals surface area (Å²) in [6, 6.07) is 3.53. The molecule has 1 aliphatic rings. The fourth-order valence-corrected chi connectivity index (χ4v) is 2.50. The average molecular weight is 248 g/mol. The summed E-state index contributed by atoms with van der Waals surface area (Å²) in [5, 5.41) is 9.54. The minimum absolute atomic E-state index is 0.0236. The van der Waals surface area contributed by atoms with E-state index < -0.39 is 0 Å². The predicted octanol–water partition coefficient (Wildman–Crippen LogP) is 1.60. The summed E-state index contributed by atoms with van der Waals surface area (Å²) >= 11 is 0. The van der Waals surface area contributed by atoms with E-state index in [0.717, 1.165) is 11.9 Å². The van der Waals surface area contributed by atoms with Crippen molar-refractivity contribution in [1.29, 1.82) is 0 Å². The quantitative estimate of drug-likeness (QED) is 0.848. The molecule has 5 nitrogen and oxygen atoms in total. The number of carbonyl (C=O) groups excluding carboxylic acids is 1. The molecule has 3 heterocycles. The van der Waals surface area contributed by atoms with Crippen molar-refractivity contribution in [3.8, 4) is 0 Å². The van der Waals surface area contributed by atoms with Gasteiger partial charge in [0.05, 0.1) is 17.9 Å². The van der Waals surface area contributed by atoms with E-state index in [0.29, 0.717) is 24.4 Å². The largest absolute Gasteiger partial charge is 0.463 e. The van der Waals surface area contributed by atoms with Gasteiger partial charge in [-0.05, 0) is 13.3 Å². The Morgan fingerprint density at radius 1 is 1.67 bits per heavy atom. The highest BCUT2D eigenvalue weighted by atomic mass is 16.3. The van der Waals surface area contributed by atoms with Gasteiger partial charge in [-0.25, -0.2) is 0 Å². The zero-order valence-electron chi connectivity index (χ0n) is 10.2. The van der Waals surface area contributed by atoms with Crippen LogP contribution in [0, 0.1) is 5.92 Å². The lowest BCUT2D eigenvalue weighted by Gasteiger charge is -2.16. The van der Waals surface area contributed by atoms with Crippen molar-refractivity contribution in [2.45, 2.75) is 19.4 Å². The van der Waals surface area contributed by atoms with Crippen LogP contribution in [0.1, 0.15) is 23.8 Å². The second kappa shape index (κ2) is 4.17. The third-order valence-electron chi connectivity index (χ3n) is 3.66. The minimum Gasteiger partial charge on any atom is -0.463 e. The molecule has 2 N–H and O–H groups in total. The van der Waals surface area contributed by atoms with Crippen LogP contribution in [0.15, 0.2) is 22.8 Å². The van der Waals surface area contributed by atoms with Gasteiger partial charge in [-0.1, -0.05) is 0 Å². The normalized spacial score (nSPS) is 21.7. The lowest BCUT2D eigenvalue weighted by Crippen LogP contribution is -2.30. The molecule has 0 saturated carbocycles. The summed E-state index contributed by atoms with van der Waals surface area (Å²) in [7, 11) is 0. The van der Waals surface area contributed by atoms with Crippen molar-refractivity contribution >= 4 is 17.0 Å². The van der Waals surface area contributed by atoms with Gasteiger partial charge in [0.25, 0.3) is 5.91 Å². The number of nitrogens with zero attached hydrogens (tertiary/aromatic N) is 1. The van der Waals surface area contributed by atoms with Crippen molar-refractivity contribution in [3.63, 3.8) is 0 Å². The fourth-order valence-electron chi connectivity index (χ4n) is 2.50. The number of fused-ring (bicyclic) bond motifs is 1. The van der Waals surface area contributed by atoms with E-state index in [2.05, 4.69) is 4.98 Å². The number of likely N-dealkylation sites (tertiary alicyclic amines) is 1. The molecule has 3 rings (SSSR count). The van der Waals surface area contributed by atoms with E-state index in [9.17, 15) is 9.90 Å². The Hall–Kier alpha value is -1.75. The number of aromatic amines is 1. The van der Waals surface area contributed by atoms with E-state index >= 15 is 0 Å². The Balaban J connectivity index is 1.77.